The molecule has 0 fully saturated rings. The van der Waals surface area contributed by atoms with Crippen LogP contribution in [0.3, 0.4) is 0 Å². The van der Waals surface area contributed by atoms with Gasteiger partial charge in [-0.2, -0.15) is 5.10 Å². The zero-order chi connectivity index (χ0) is 15.7. The number of alkyl halides is 1. The minimum absolute atomic E-state index is 0.0876. The van der Waals surface area contributed by atoms with Crippen molar-refractivity contribution < 1.29 is 8.42 Å². The SMILES string of the molecule is CCN(CC)CCn1cc(NS(=O)(=O)CCCCCl)cn1. The molecule has 1 aromatic rings. The van der Waals surface area contributed by atoms with Crippen molar-refractivity contribution in [2.75, 3.05) is 36.0 Å². The second kappa shape index (κ2) is 9.27. The molecule has 0 aliphatic carbocycles. The second-order valence-electron chi connectivity index (χ2n) is 4.84. The number of nitrogens with one attached hydrogen (secondary N) is 1. The molecular formula is C13H25ClN4O2S. The summed E-state index contributed by atoms with van der Waals surface area (Å²) in [6, 6.07) is 0. The number of likely N-dealkylation sites (N-methyl/N-ethyl adjacent to an activating group) is 1. The van der Waals surface area contributed by atoms with Crippen molar-refractivity contribution >= 4 is 27.3 Å². The Hall–Kier alpha value is -0.790. The number of aromatic nitrogens is 2. The van der Waals surface area contributed by atoms with Gasteiger partial charge in [0.15, 0.2) is 0 Å². The third-order valence-electron chi connectivity index (χ3n) is 3.24. The van der Waals surface area contributed by atoms with E-state index in [0.717, 1.165) is 26.2 Å². The average molecular weight is 337 g/mol. The van der Waals surface area contributed by atoms with Gasteiger partial charge in [-0.1, -0.05) is 13.8 Å². The topological polar surface area (TPSA) is 67.2 Å². The summed E-state index contributed by atoms with van der Waals surface area (Å²) in [5, 5.41) is 4.18. The lowest BCUT2D eigenvalue weighted by atomic mass is 10.4. The van der Waals surface area contributed by atoms with Crippen LogP contribution in [0.15, 0.2) is 12.4 Å². The quantitative estimate of drug-likeness (QED) is 0.495. The minimum Gasteiger partial charge on any atom is -0.302 e. The van der Waals surface area contributed by atoms with Crippen molar-refractivity contribution in [2.45, 2.75) is 33.2 Å². The van der Waals surface area contributed by atoms with Crippen molar-refractivity contribution in [3.63, 3.8) is 0 Å². The molecule has 1 heterocycles. The van der Waals surface area contributed by atoms with E-state index in [0.29, 0.717) is 24.4 Å². The van der Waals surface area contributed by atoms with Crippen molar-refractivity contribution in [3.8, 4) is 0 Å². The van der Waals surface area contributed by atoms with Gasteiger partial charge in [-0.05, 0) is 25.9 Å². The molecule has 0 aliphatic rings. The molecule has 0 saturated heterocycles. The molecule has 0 aliphatic heterocycles. The summed E-state index contributed by atoms with van der Waals surface area (Å²) < 4.78 is 28.0. The van der Waals surface area contributed by atoms with E-state index in [1.54, 1.807) is 17.1 Å². The van der Waals surface area contributed by atoms with Crippen LogP contribution in [-0.4, -0.2) is 54.4 Å². The third kappa shape index (κ3) is 7.15. The van der Waals surface area contributed by atoms with Crippen LogP contribution in [-0.2, 0) is 16.6 Å². The standard InChI is InChI=1S/C13H25ClN4O2S/c1-3-17(4-2)8-9-18-12-13(11-15-18)16-21(19,20)10-6-5-7-14/h11-12,16H,3-10H2,1-2H3. The summed E-state index contributed by atoms with van der Waals surface area (Å²) in [6.07, 6.45) is 4.53. The molecule has 0 aromatic carbocycles. The molecule has 0 atom stereocenters. The van der Waals surface area contributed by atoms with Gasteiger partial charge in [0.2, 0.25) is 10.0 Å². The van der Waals surface area contributed by atoms with Gasteiger partial charge in [0.05, 0.1) is 24.2 Å². The fourth-order valence-corrected chi connectivity index (χ4v) is 3.28. The predicted octanol–water partition coefficient (Wildman–Crippen LogP) is 1.99. The first-order chi connectivity index (χ1) is 10.0. The highest BCUT2D eigenvalue weighted by atomic mass is 35.5. The van der Waals surface area contributed by atoms with Gasteiger partial charge in [0, 0.05) is 18.6 Å². The van der Waals surface area contributed by atoms with Gasteiger partial charge < -0.3 is 4.90 Å². The number of sulfonamides is 1. The number of unbranched alkanes of at least 4 members (excludes halogenated alkanes) is 1. The van der Waals surface area contributed by atoms with Gasteiger partial charge in [0.1, 0.15) is 0 Å². The summed E-state index contributed by atoms with van der Waals surface area (Å²) in [5.41, 5.74) is 0.514. The van der Waals surface area contributed by atoms with Crippen molar-refractivity contribution in [1.29, 1.82) is 0 Å². The van der Waals surface area contributed by atoms with Crippen LogP contribution in [0.2, 0.25) is 0 Å². The molecule has 0 radical (unpaired) electrons. The third-order valence-corrected chi connectivity index (χ3v) is 4.88. The molecule has 6 nitrogen and oxygen atoms in total. The van der Waals surface area contributed by atoms with Crippen LogP contribution >= 0.6 is 11.6 Å². The maximum atomic E-state index is 11.8. The summed E-state index contributed by atoms with van der Waals surface area (Å²) in [7, 11) is -3.31. The van der Waals surface area contributed by atoms with E-state index in [1.807, 2.05) is 0 Å². The monoisotopic (exact) mass is 336 g/mol. The molecule has 122 valence electrons. The molecule has 0 bridgehead atoms. The Morgan fingerprint density at radius 2 is 2.05 bits per heavy atom. The maximum absolute atomic E-state index is 11.8. The maximum Gasteiger partial charge on any atom is 0.232 e. The lowest BCUT2D eigenvalue weighted by Gasteiger charge is -2.17. The van der Waals surface area contributed by atoms with Crippen LogP contribution < -0.4 is 4.72 Å². The first-order valence-electron chi connectivity index (χ1n) is 7.32. The Morgan fingerprint density at radius 1 is 1.33 bits per heavy atom. The summed E-state index contributed by atoms with van der Waals surface area (Å²) in [4.78, 5) is 2.29. The Bertz CT molecular complexity index is 500. The number of anilines is 1. The van der Waals surface area contributed by atoms with Crippen LogP contribution in [0.4, 0.5) is 5.69 Å². The molecule has 0 spiro atoms. The molecule has 21 heavy (non-hydrogen) atoms. The number of hydrogen-bond acceptors (Lipinski definition) is 4. The van der Waals surface area contributed by atoms with Gasteiger partial charge >= 0.3 is 0 Å². The van der Waals surface area contributed by atoms with Crippen molar-refractivity contribution in [1.82, 2.24) is 14.7 Å². The molecule has 0 amide bonds. The normalized spacial score (nSPS) is 12.0. The van der Waals surface area contributed by atoms with Crippen LogP contribution in [0.1, 0.15) is 26.7 Å². The Morgan fingerprint density at radius 3 is 2.67 bits per heavy atom. The number of rotatable bonds is 11. The van der Waals surface area contributed by atoms with Crippen LogP contribution in [0.25, 0.3) is 0 Å². The fourth-order valence-electron chi connectivity index (χ4n) is 1.94. The van der Waals surface area contributed by atoms with Crippen LogP contribution in [0.5, 0.6) is 0 Å². The van der Waals surface area contributed by atoms with E-state index in [9.17, 15) is 8.42 Å². The lowest BCUT2D eigenvalue weighted by Crippen LogP contribution is -2.27. The van der Waals surface area contributed by atoms with E-state index in [1.165, 1.54) is 0 Å². The molecule has 0 saturated carbocycles. The van der Waals surface area contributed by atoms with Gasteiger partial charge in [0.25, 0.3) is 0 Å². The Labute approximate surface area is 132 Å². The van der Waals surface area contributed by atoms with E-state index in [4.69, 9.17) is 11.6 Å². The first-order valence-corrected chi connectivity index (χ1v) is 9.50. The average Bonchev–Trinajstić information content (AvgIpc) is 2.87. The van der Waals surface area contributed by atoms with E-state index >= 15 is 0 Å². The van der Waals surface area contributed by atoms with Gasteiger partial charge in [-0.25, -0.2) is 8.42 Å². The highest BCUT2D eigenvalue weighted by Gasteiger charge is 2.11. The molecule has 1 aromatic heterocycles. The summed E-state index contributed by atoms with van der Waals surface area (Å²) >= 11 is 5.55. The summed E-state index contributed by atoms with van der Waals surface area (Å²) in [5.74, 6) is 0.573. The molecule has 0 unspecified atom stereocenters. The number of halogens is 1. The van der Waals surface area contributed by atoms with Crippen molar-refractivity contribution in [3.05, 3.63) is 12.4 Å². The molecular weight excluding hydrogens is 312 g/mol. The Kier molecular flexibility index (Phi) is 8.06. The van der Waals surface area contributed by atoms with E-state index in [2.05, 4.69) is 28.6 Å². The van der Waals surface area contributed by atoms with Gasteiger partial charge in [-0.15, -0.1) is 11.6 Å². The highest BCUT2D eigenvalue weighted by molar-refractivity contribution is 7.92. The Balaban J connectivity index is 2.47. The zero-order valence-electron chi connectivity index (χ0n) is 12.8. The fraction of sp³-hybridized carbons (Fsp3) is 0.769. The molecule has 8 heteroatoms. The zero-order valence-corrected chi connectivity index (χ0v) is 14.3. The largest absolute Gasteiger partial charge is 0.302 e. The summed E-state index contributed by atoms with van der Waals surface area (Å²) in [6.45, 7) is 7.88. The van der Waals surface area contributed by atoms with E-state index < -0.39 is 10.0 Å². The molecule has 1 rings (SSSR count). The van der Waals surface area contributed by atoms with Crippen molar-refractivity contribution in [2.24, 2.45) is 0 Å². The smallest absolute Gasteiger partial charge is 0.232 e. The lowest BCUT2D eigenvalue weighted by molar-refractivity contribution is 0.285. The minimum atomic E-state index is -3.31. The van der Waals surface area contributed by atoms with Gasteiger partial charge in [-0.3, -0.25) is 9.40 Å². The number of hydrogen-bond donors (Lipinski definition) is 1. The first kappa shape index (κ1) is 18.3. The second-order valence-corrected chi connectivity index (χ2v) is 7.06. The molecule has 1 N–H and O–H groups in total. The predicted molar refractivity (Wildman–Crippen MR) is 87.4 cm³/mol. The van der Waals surface area contributed by atoms with E-state index in [-0.39, 0.29) is 5.75 Å². The number of nitrogens with zero attached hydrogens (tertiary/aromatic N) is 3. The van der Waals surface area contributed by atoms with Crippen LogP contribution in [0, 0.1) is 0 Å². The highest BCUT2D eigenvalue weighted by Crippen LogP contribution is 2.09.